The van der Waals surface area contributed by atoms with Gasteiger partial charge in [-0.15, -0.1) is 5.06 Å². The molecule has 0 heterocycles. The van der Waals surface area contributed by atoms with E-state index < -0.39 is 12.1 Å². The molecule has 0 saturated carbocycles. The van der Waals surface area contributed by atoms with E-state index in [-0.39, 0.29) is 19.4 Å². The first-order valence-electron chi connectivity index (χ1n) is 5.85. The summed E-state index contributed by atoms with van der Waals surface area (Å²) in [5.74, 6) is 0.976. The van der Waals surface area contributed by atoms with E-state index >= 15 is 0 Å². The second-order valence-corrected chi connectivity index (χ2v) is 6.76. The third kappa shape index (κ3) is 10.6. The van der Waals surface area contributed by atoms with Crippen LogP contribution in [0.4, 0.5) is 4.79 Å². The number of hydrogen-bond donors (Lipinski definition) is 1. The van der Waals surface area contributed by atoms with Crippen LogP contribution in [0.15, 0.2) is 0 Å². The Morgan fingerprint density at radius 3 is 2.65 bits per heavy atom. The van der Waals surface area contributed by atoms with Crippen molar-refractivity contribution in [3.63, 3.8) is 0 Å². The molecule has 0 radical (unpaired) electrons. The Hall–Kier alpha value is -0.200. The van der Waals surface area contributed by atoms with Crippen LogP contribution < -0.4 is 3.53 Å². The van der Waals surface area contributed by atoms with E-state index in [0.717, 1.165) is 12.3 Å². The Morgan fingerprint density at radius 1 is 1.35 bits per heavy atom. The first-order valence-corrected chi connectivity index (χ1v) is 9.42. The molecular weight excluding hydrogens is 419 g/mol. The minimum Gasteiger partial charge on any atom is -0.432 e. The topological polar surface area (TPSA) is 84.9 Å². The summed E-state index contributed by atoms with van der Waals surface area (Å²) in [5.41, 5.74) is 0. The molecular formula is C10H17IN2O5S2. The third-order valence-electron chi connectivity index (χ3n) is 1.73. The second-order valence-electron chi connectivity index (χ2n) is 3.29. The van der Waals surface area contributed by atoms with Crippen LogP contribution in [-0.2, 0) is 19.2 Å². The van der Waals surface area contributed by atoms with Crippen molar-refractivity contribution >= 4 is 62.9 Å². The minimum atomic E-state index is -1.05. The molecule has 0 rings (SSSR count). The molecule has 0 aliphatic heterocycles. The highest BCUT2D eigenvalue weighted by Gasteiger charge is 2.18. The summed E-state index contributed by atoms with van der Waals surface area (Å²) in [5, 5.41) is 0.361. The highest BCUT2D eigenvalue weighted by molar-refractivity contribution is 14.1. The number of nitrogens with one attached hydrogen (secondary N) is 1. The van der Waals surface area contributed by atoms with Crippen molar-refractivity contribution in [1.82, 2.24) is 8.59 Å². The second kappa shape index (κ2) is 13.8. The van der Waals surface area contributed by atoms with Crippen molar-refractivity contribution in [2.24, 2.45) is 0 Å². The SMILES string of the molecule is CCCC(=O)N(C=O)OC(=O)OCCSSCCNI. The molecule has 0 aromatic heterocycles. The fourth-order valence-electron chi connectivity index (χ4n) is 0.919. The number of ether oxygens (including phenoxy) is 1. The molecule has 10 heteroatoms. The van der Waals surface area contributed by atoms with Crippen LogP contribution in [0.3, 0.4) is 0 Å². The third-order valence-corrected chi connectivity index (χ3v) is 4.64. The molecule has 0 aromatic carbocycles. The van der Waals surface area contributed by atoms with Crippen molar-refractivity contribution < 1.29 is 24.0 Å². The van der Waals surface area contributed by atoms with Crippen LogP contribution in [-0.4, -0.2) is 48.2 Å². The number of halogens is 1. The van der Waals surface area contributed by atoms with E-state index in [4.69, 9.17) is 4.74 Å². The lowest BCUT2D eigenvalue weighted by atomic mass is 10.3. The van der Waals surface area contributed by atoms with Crippen molar-refractivity contribution in [3.8, 4) is 0 Å². The zero-order valence-electron chi connectivity index (χ0n) is 11.0. The summed E-state index contributed by atoms with van der Waals surface area (Å²) in [6.45, 7) is 2.83. The van der Waals surface area contributed by atoms with Crippen LogP contribution in [0.25, 0.3) is 0 Å². The van der Waals surface area contributed by atoms with Crippen molar-refractivity contribution in [1.29, 1.82) is 0 Å². The van der Waals surface area contributed by atoms with Gasteiger partial charge in [0.25, 0.3) is 12.3 Å². The zero-order valence-corrected chi connectivity index (χ0v) is 14.8. The molecule has 0 aromatic rings. The molecule has 0 saturated heterocycles. The van der Waals surface area contributed by atoms with Gasteiger partial charge in [-0.25, -0.2) is 4.79 Å². The van der Waals surface area contributed by atoms with Gasteiger partial charge in [0, 0.05) is 47.3 Å². The van der Waals surface area contributed by atoms with Crippen molar-refractivity contribution in [2.45, 2.75) is 19.8 Å². The van der Waals surface area contributed by atoms with Crippen LogP contribution in [0.2, 0.25) is 0 Å². The lowest BCUT2D eigenvalue weighted by Gasteiger charge is -2.13. The first kappa shape index (κ1) is 19.8. The van der Waals surface area contributed by atoms with E-state index in [2.05, 4.69) is 31.2 Å². The average molecular weight is 436 g/mol. The van der Waals surface area contributed by atoms with Gasteiger partial charge in [0.1, 0.15) is 6.61 Å². The number of nitrogens with zero attached hydrogens (tertiary/aromatic N) is 1. The van der Waals surface area contributed by atoms with Gasteiger partial charge in [0.15, 0.2) is 0 Å². The maximum atomic E-state index is 11.3. The molecule has 0 aliphatic rings. The highest BCUT2D eigenvalue weighted by atomic mass is 127. The summed E-state index contributed by atoms with van der Waals surface area (Å²) in [6, 6.07) is 0. The van der Waals surface area contributed by atoms with Gasteiger partial charge < -0.3 is 4.74 Å². The quantitative estimate of drug-likeness (QED) is 0.106. The monoisotopic (exact) mass is 436 g/mol. The summed E-state index contributed by atoms with van der Waals surface area (Å²) >= 11 is 2.07. The molecule has 0 unspecified atom stereocenters. The molecule has 20 heavy (non-hydrogen) atoms. The van der Waals surface area contributed by atoms with Gasteiger partial charge in [0.05, 0.1) is 0 Å². The molecule has 0 bridgehead atoms. The van der Waals surface area contributed by atoms with Gasteiger partial charge in [-0.1, -0.05) is 28.5 Å². The Morgan fingerprint density at radius 2 is 2.05 bits per heavy atom. The van der Waals surface area contributed by atoms with E-state index in [1.54, 1.807) is 28.5 Å². The van der Waals surface area contributed by atoms with Gasteiger partial charge in [-0.2, -0.15) is 0 Å². The van der Waals surface area contributed by atoms with E-state index in [1.165, 1.54) is 0 Å². The average Bonchev–Trinajstić information content (AvgIpc) is 2.44. The zero-order chi connectivity index (χ0) is 15.2. The molecule has 0 aliphatic carbocycles. The maximum absolute atomic E-state index is 11.3. The van der Waals surface area contributed by atoms with Crippen LogP contribution in [0.1, 0.15) is 19.8 Å². The Kier molecular flexibility index (Phi) is 13.6. The summed E-state index contributed by atoms with van der Waals surface area (Å²) in [6.07, 6.45) is -0.215. The van der Waals surface area contributed by atoms with Crippen LogP contribution >= 0.6 is 44.5 Å². The molecule has 0 fully saturated rings. The molecule has 116 valence electrons. The fourth-order valence-corrected chi connectivity index (χ4v) is 3.29. The number of rotatable bonds is 10. The normalized spacial score (nSPS) is 9.90. The van der Waals surface area contributed by atoms with Gasteiger partial charge >= 0.3 is 6.16 Å². The van der Waals surface area contributed by atoms with Gasteiger partial charge in [-0.3, -0.25) is 18.0 Å². The fraction of sp³-hybridized carbons (Fsp3) is 0.700. The minimum absolute atomic E-state index is 0.128. The van der Waals surface area contributed by atoms with Gasteiger partial charge in [0.2, 0.25) is 0 Å². The number of carbonyl (C=O) groups is 3. The Labute approximate surface area is 139 Å². The van der Waals surface area contributed by atoms with Gasteiger partial charge in [-0.05, 0) is 6.42 Å². The number of imide groups is 1. The van der Waals surface area contributed by atoms with Crippen LogP contribution in [0, 0.1) is 0 Å². The largest absolute Gasteiger partial charge is 0.533 e. The summed E-state index contributed by atoms with van der Waals surface area (Å²) in [7, 11) is 3.22. The standard InChI is InChI=1S/C10H17IN2O5S2/c1-2-3-9(15)13(8-14)18-10(16)17-5-7-20-19-6-4-12-11/h8,12H,2-7H2,1H3. The lowest BCUT2D eigenvalue weighted by Crippen LogP contribution is -2.32. The Bertz CT molecular complexity index is 309. The molecule has 2 amide bonds. The maximum Gasteiger partial charge on any atom is 0.533 e. The van der Waals surface area contributed by atoms with Crippen molar-refractivity contribution in [3.05, 3.63) is 0 Å². The highest BCUT2D eigenvalue weighted by Crippen LogP contribution is 2.19. The predicted molar refractivity (Wildman–Crippen MR) is 87.2 cm³/mol. The smallest absolute Gasteiger partial charge is 0.432 e. The first-order chi connectivity index (χ1) is 9.65. The number of carbonyl (C=O) groups excluding carboxylic acids is 3. The van der Waals surface area contributed by atoms with Crippen LogP contribution in [0.5, 0.6) is 0 Å². The van der Waals surface area contributed by atoms with E-state index in [9.17, 15) is 14.4 Å². The molecule has 7 nitrogen and oxygen atoms in total. The number of amides is 2. The lowest BCUT2D eigenvalue weighted by molar-refractivity contribution is -0.175. The summed E-state index contributed by atoms with van der Waals surface area (Å²) in [4.78, 5) is 37.6. The van der Waals surface area contributed by atoms with E-state index in [1.807, 2.05) is 0 Å². The predicted octanol–water partition coefficient (Wildman–Crippen LogP) is 2.16. The summed E-state index contributed by atoms with van der Waals surface area (Å²) < 4.78 is 7.73. The molecule has 1 N–H and O–H groups in total. The van der Waals surface area contributed by atoms with E-state index in [0.29, 0.717) is 17.2 Å². The molecule has 0 atom stereocenters. The number of hydroxylamine groups is 2. The molecule has 0 spiro atoms. The number of hydrogen-bond acceptors (Lipinski definition) is 8. The van der Waals surface area contributed by atoms with Crippen molar-refractivity contribution in [2.75, 3.05) is 24.7 Å². The Balaban J connectivity index is 3.70.